The van der Waals surface area contributed by atoms with E-state index in [9.17, 15) is 4.79 Å². The number of allylic oxidation sites excluding steroid dienone is 2. The number of methoxy groups -OCH3 is 1. The molecule has 0 spiro atoms. The highest BCUT2D eigenvalue weighted by Gasteiger charge is 2.54. The summed E-state index contributed by atoms with van der Waals surface area (Å²) in [5.74, 6) is -0.315. The number of carbonyl (C=O) groups is 1. The second-order valence-electron chi connectivity index (χ2n) is 14.3. The van der Waals surface area contributed by atoms with E-state index in [4.69, 9.17) is 23.1 Å². The standard InChI is InChI=1S/C29H58O6Si2/c1-19(2)17-18-20(3)21(4)26(30)33-23-22(5)32-27(31-12)25(35-37(15,16)29(9,10)11)24(23)34-36(13,14)28(6,7)8/h17,20-25,27H,18H2,1-16H3/t20-,21-,22+,23+,24-,25+,27-/m0/s1. The summed E-state index contributed by atoms with van der Waals surface area (Å²) in [5.41, 5.74) is 1.25. The third kappa shape index (κ3) is 9.00. The second kappa shape index (κ2) is 12.8. The van der Waals surface area contributed by atoms with Gasteiger partial charge in [0.1, 0.15) is 12.2 Å². The minimum absolute atomic E-state index is 0.0169. The van der Waals surface area contributed by atoms with Gasteiger partial charge in [-0.2, -0.15) is 0 Å². The molecule has 7 atom stereocenters. The molecule has 0 N–H and O–H groups in total. The molecule has 0 radical (unpaired) electrons. The molecule has 1 fully saturated rings. The fourth-order valence-corrected chi connectivity index (χ4v) is 6.30. The Balaban J connectivity index is 3.45. The fraction of sp³-hybridized carbons (Fsp3) is 0.897. The number of rotatable bonds is 10. The zero-order chi connectivity index (χ0) is 29.1. The first-order valence-corrected chi connectivity index (χ1v) is 19.7. The van der Waals surface area contributed by atoms with Gasteiger partial charge in [-0.25, -0.2) is 0 Å². The van der Waals surface area contributed by atoms with Crippen LogP contribution in [0.5, 0.6) is 0 Å². The van der Waals surface area contributed by atoms with Crippen LogP contribution in [0.2, 0.25) is 36.3 Å². The van der Waals surface area contributed by atoms with Gasteiger partial charge >= 0.3 is 5.97 Å². The Labute approximate surface area is 230 Å². The molecule has 1 saturated heterocycles. The van der Waals surface area contributed by atoms with E-state index in [0.29, 0.717) is 0 Å². The molecule has 0 aromatic heterocycles. The van der Waals surface area contributed by atoms with Crippen LogP contribution in [0.1, 0.15) is 82.6 Å². The summed E-state index contributed by atoms with van der Waals surface area (Å²) >= 11 is 0. The average molecular weight is 559 g/mol. The predicted molar refractivity (Wildman–Crippen MR) is 158 cm³/mol. The van der Waals surface area contributed by atoms with Crippen LogP contribution in [-0.4, -0.2) is 60.4 Å². The first-order valence-electron chi connectivity index (χ1n) is 13.9. The topological polar surface area (TPSA) is 63.2 Å². The summed E-state index contributed by atoms with van der Waals surface area (Å²) in [5, 5.41) is -0.0454. The van der Waals surface area contributed by atoms with Crippen molar-refractivity contribution in [3.05, 3.63) is 11.6 Å². The summed E-state index contributed by atoms with van der Waals surface area (Å²) in [6.07, 6.45) is 0.408. The Kier molecular flexibility index (Phi) is 11.9. The molecule has 1 heterocycles. The van der Waals surface area contributed by atoms with Crippen molar-refractivity contribution in [2.24, 2.45) is 11.8 Å². The van der Waals surface area contributed by atoms with E-state index in [-0.39, 0.29) is 27.9 Å². The molecule has 218 valence electrons. The maximum absolute atomic E-state index is 13.4. The average Bonchev–Trinajstić information content (AvgIpc) is 2.73. The molecule has 0 aromatic rings. The lowest BCUT2D eigenvalue weighted by Gasteiger charge is -2.51. The van der Waals surface area contributed by atoms with Crippen molar-refractivity contribution in [3.8, 4) is 0 Å². The molecule has 0 amide bonds. The van der Waals surface area contributed by atoms with Crippen molar-refractivity contribution >= 4 is 22.6 Å². The lowest BCUT2D eigenvalue weighted by atomic mass is 9.92. The van der Waals surface area contributed by atoms with Gasteiger partial charge in [0, 0.05) is 7.11 Å². The lowest BCUT2D eigenvalue weighted by molar-refractivity contribution is -0.283. The first kappa shape index (κ1) is 34.5. The van der Waals surface area contributed by atoms with Gasteiger partial charge < -0.3 is 23.1 Å². The molecular formula is C29H58O6Si2. The van der Waals surface area contributed by atoms with Crippen LogP contribution in [0.15, 0.2) is 11.6 Å². The minimum atomic E-state index is -2.27. The van der Waals surface area contributed by atoms with Crippen LogP contribution in [0, 0.1) is 11.8 Å². The van der Waals surface area contributed by atoms with Gasteiger partial charge in [-0.15, -0.1) is 0 Å². The maximum atomic E-state index is 13.4. The second-order valence-corrected chi connectivity index (χ2v) is 23.8. The van der Waals surface area contributed by atoms with Crippen LogP contribution in [0.4, 0.5) is 0 Å². The monoisotopic (exact) mass is 558 g/mol. The Bertz CT molecular complexity index is 776. The Hall–Kier alpha value is -0.516. The Morgan fingerprint density at radius 1 is 0.892 bits per heavy atom. The van der Waals surface area contributed by atoms with E-state index < -0.39 is 47.3 Å². The van der Waals surface area contributed by atoms with E-state index >= 15 is 0 Å². The minimum Gasteiger partial charge on any atom is -0.457 e. The Morgan fingerprint density at radius 3 is 1.76 bits per heavy atom. The van der Waals surface area contributed by atoms with Gasteiger partial charge in [0.25, 0.3) is 0 Å². The molecule has 1 aliphatic rings. The molecule has 0 bridgehead atoms. The van der Waals surface area contributed by atoms with Crippen molar-refractivity contribution in [1.82, 2.24) is 0 Å². The molecule has 0 aliphatic carbocycles. The third-order valence-corrected chi connectivity index (χ3v) is 17.8. The highest BCUT2D eigenvalue weighted by atomic mass is 28.4. The van der Waals surface area contributed by atoms with Crippen LogP contribution in [0.25, 0.3) is 0 Å². The van der Waals surface area contributed by atoms with E-state index in [1.807, 2.05) is 13.8 Å². The van der Waals surface area contributed by atoms with Crippen LogP contribution in [0.3, 0.4) is 0 Å². The third-order valence-electron chi connectivity index (χ3n) is 8.81. The SMILES string of the molecule is CO[C@H]1O[C@H](C)[C@@H](OC(=O)[C@@H](C)[C@@H](C)CC=C(C)C)[C@H](O[Si](C)(C)C(C)(C)C)[C@H]1O[Si](C)(C)C(C)(C)C. The van der Waals surface area contributed by atoms with Crippen molar-refractivity contribution in [2.45, 2.75) is 150 Å². The number of esters is 1. The molecule has 0 aromatic carbocycles. The zero-order valence-corrected chi connectivity index (χ0v) is 28.8. The van der Waals surface area contributed by atoms with E-state index in [1.165, 1.54) is 5.57 Å². The van der Waals surface area contributed by atoms with Gasteiger partial charge in [0.15, 0.2) is 29.0 Å². The molecule has 0 unspecified atom stereocenters. The molecule has 0 saturated carbocycles. The number of carbonyl (C=O) groups excluding carboxylic acids is 1. The highest BCUT2D eigenvalue weighted by Crippen LogP contribution is 2.43. The van der Waals surface area contributed by atoms with E-state index in [0.717, 1.165) is 6.42 Å². The van der Waals surface area contributed by atoms with Gasteiger partial charge in [0.05, 0.1) is 12.0 Å². The van der Waals surface area contributed by atoms with Crippen molar-refractivity contribution < 1.29 is 27.9 Å². The molecule has 37 heavy (non-hydrogen) atoms. The van der Waals surface area contributed by atoms with Crippen LogP contribution < -0.4 is 0 Å². The number of hydrogen-bond acceptors (Lipinski definition) is 6. The smallest absolute Gasteiger partial charge is 0.309 e. The number of hydrogen-bond donors (Lipinski definition) is 0. The molecule has 1 rings (SSSR count). The maximum Gasteiger partial charge on any atom is 0.309 e. The first-order chi connectivity index (χ1) is 16.6. The summed E-state index contributed by atoms with van der Waals surface area (Å²) in [4.78, 5) is 13.4. The predicted octanol–water partition coefficient (Wildman–Crippen LogP) is 7.70. The summed E-state index contributed by atoms with van der Waals surface area (Å²) in [6.45, 7) is 32.3. The number of ether oxygens (including phenoxy) is 3. The highest BCUT2D eigenvalue weighted by molar-refractivity contribution is 6.74. The van der Waals surface area contributed by atoms with Crippen molar-refractivity contribution in [1.29, 1.82) is 0 Å². The molecule has 1 aliphatic heterocycles. The summed E-state index contributed by atoms with van der Waals surface area (Å²) in [7, 11) is -2.87. The van der Waals surface area contributed by atoms with Crippen molar-refractivity contribution in [2.75, 3.05) is 7.11 Å². The Morgan fingerprint density at radius 2 is 1.35 bits per heavy atom. The van der Waals surface area contributed by atoms with Gasteiger partial charge in [-0.05, 0) is 69.4 Å². The summed E-state index contributed by atoms with van der Waals surface area (Å²) in [6, 6.07) is 0. The quantitative estimate of drug-likeness (QED) is 0.155. The van der Waals surface area contributed by atoms with Gasteiger partial charge in [-0.1, -0.05) is 67.0 Å². The molecule has 6 nitrogen and oxygen atoms in total. The fourth-order valence-electron chi connectivity index (χ4n) is 3.72. The normalized spacial score (nSPS) is 27.4. The van der Waals surface area contributed by atoms with Crippen LogP contribution in [-0.2, 0) is 27.9 Å². The van der Waals surface area contributed by atoms with Crippen LogP contribution >= 0.6 is 0 Å². The van der Waals surface area contributed by atoms with Gasteiger partial charge in [-0.3, -0.25) is 4.79 Å². The molecule has 8 heteroatoms. The zero-order valence-electron chi connectivity index (χ0n) is 26.8. The largest absolute Gasteiger partial charge is 0.457 e. The van der Waals surface area contributed by atoms with Crippen molar-refractivity contribution in [3.63, 3.8) is 0 Å². The lowest BCUT2D eigenvalue weighted by Crippen LogP contribution is -2.65. The van der Waals surface area contributed by atoms with E-state index in [2.05, 4.69) is 94.6 Å². The van der Waals surface area contributed by atoms with Gasteiger partial charge in [0.2, 0.25) is 0 Å². The van der Waals surface area contributed by atoms with E-state index in [1.54, 1.807) is 7.11 Å². The molecular weight excluding hydrogens is 500 g/mol. The summed E-state index contributed by atoms with van der Waals surface area (Å²) < 4.78 is 32.4.